The Balaban J connectivity index is 1.43. The molecule has 33 heavy (non-hydrogen) atoms. The minimum Gasteiger partial charge on any atom is -0.379 e. The highest BCUT2D eigenvalue weighted by Gasteiger charge is 2.13. The fourth-order valence-corrected chi connectivity index (χ4v) is 4.86. The van der Waals surface area contributed by atoms with Gasteiger partial charge in [-0.05, 0) is 35.2 Å². The van der Waals surface area contributed by atoms with E-state index in [1.807, 2.05) is 53.9 Å². The number of carbonyl (C=O) groups is 1. The summed E-state index contributed by atoms with van der Waals surface area (Å²) in [5.41, 5.74) is 3.64. The molecule has 5 rings (SSSR count). The van der Waals surface area contributed by atoms with Crippen LogP contribution in [0.5, 0.6) is 0 Å². The largest absolute Gasteiger partial charge is 0.379 e. The van der Waals surface area contributed by atoms with Crippen molar-refractivity contribution in [2.75, 3.05) is 44.7 Å². The van der Waals surface area contributed by atoms with Crippen molar-refractivity contribution in [3.05, 3.63) is 63.8 Å². The molecule has 3 heterocycles. The molecule has 0 amide bonds. The second kappa shape index (κ2) is 9.97. The zero-order valence-corrected chi connectivity index (χ0v) is 19.5. The molecule has 1 saturated heterocycles. The molecule has 0 unspecified atom stereocenters. The van der Waals surface area contributed by atoms with Crippen LogP contribution in [0, 0.1) is 0 Å². The minimum atomic E-state index is 0.631. The molecule has 0 spiro atoms. The van der Waals surface area contributed by atoms with Crippen LogP contribution in [0.25, 0.3) is 33.4 Å². The molecule has 1 aliphatic heterocycles. The summed E-state index contributed by atoms with van der Waals surface area (Å²) in [6.45, 7) is 5.18. The van der Waals surface area contributed by atoms with E-state index < -0.39 is 0 Å². The lowest BCUT2D eigenvalue weighted by molar-refractivity contribution is 0.0398. The van der Waals surface area contributed by atoms with Gasteiger partial charge in [-0.15, -0.1) is 11.3 Å². The Labute approximate surface area is 201 Å². The summed E-state index contributed by atoms with van der Waals surface area (Å²) >= 11 is 7.70. The van der Waals surface area contributed by atoms with Crippen LogP contribution in [-0.2, 0) is 4.74 Å². The zero-order chi connectivity index (χ0) is 22.6. The van der Waals surface area contributed by atoms with Crippen LogP contribution in [0.4, 0.5) is 5.82 Å². The summed E-state index contributed by atoms with van der Waals surface area (Å²) in [5, 5.41) is 7.01. The standard InChI is InChI=1S/C25H23ClN4O2S/c26-19-5-6-21-22(15-19)28-24(29-25(21)27-8-9-30-10-12-32-13-11-30)18-3-1-17(2-4-18)20-7-14-33-23(20)16-31/h1-7,14-16H,8-13H2,(H,27,28,29). The average molecular weight is 479 g/mol. The highest BCUT2D eigenvalue weighted by atomic mass is 35.5. The molecule has 4 aromatic rings. The van der Waals surface area contributed by atoms with Crippen LogP contribution >= 0.6 is 22.9 Å². The maximum atomic E-state index is 11.3. The van der Waals surface area contributed by atoms with E-state index in [1.165, 1.54) is 11.3 Å². The minimum absolute atomic E-state index is 0.631. The maximum Gasteiger partial charge on any atom is 0.162 e. The molecule has 1 N–H and O–H groups in total. The van der Waals surface area contributed by atoms with Gasteiger partial charge in [0.2, 0.25) is 0 Å². The summed E-state index contributed by atoms with van der Waals surface area (Å²) in [6.07, 6.45) is 0.902. The van der Waals surface area contributed by atoms with Gasteiger partial charge in [0.05, 0.1) is 23.6 Å². The number of aldehydes is 1. The molecular weight excluding hydrogens is 456 g/mol. The molecule has 0 bridgehead atoms. The Hall–Kier alpha value is -2.84. The number of morpholine rings is 1. The number of rotatable bonds is 7. The molecule has 1 fully saturated rings. The van der Waals surface area contributed by atoms with Gasteiger partial charge in [0.25, 0.3) is 0 Å². The van der Waals surface area contributed by atoms with Crippen molar-refractivity contribution in [1.29, 1.82) is 0 Å². The Morgan fingerprint density at radius 2 is 1.85 bits per heavy atom. The Morgan fingerprint density at radius 1 is 1.06 bits per heavy atom. The number of hydrogen-bond donors (Lipinski definition) is 1. The van der Waals surface area contributed by atoms with Crippen molar-refractivity contribution >= 4 is 45.9 Å². The van der Waals surface area contributed by atoms with Gasteiger partial charge in [-0.3, -0.25) is 9.69 Å². The van der Waals surface area contributed by atoms with E-state index in [0.29, 0.717) is 10.8 Å². The van der Waals surface area contributed by atoms with E-state index in [0.717, 1.165) is 84.0 Å². The topological polar surface area (TPSA) is 67.4 Å². The van der Waals surface area contributed by atoms with Crippen molar-refractivity contribution in [3.63, 3.8) is 0 Å². The fourth-order valence-electron chi connectivity index (χ4n) is 3.97. The van der Waals surface area contributed by atoms with E-state index in [4.69, 9.17) is 26.3 Å². The van der Waals surface area contributed by atoms with E-state index in [1.54, 1.807) is 0 Å². The van der Waals surface area contributed by atoms with Crippen molar-refractivity contribution < 1.29 is 9.53 Å². The molecule has 2 aromatic heterocycles. The lowest BCUT2D eigenvalue weighted by atomic mass is 10.0. The van der Waals surface area contributed by atoms with Crippen LogP contribution in [0.1, 0.15) is 9.67 Å². The van der Waals surface area contributed by atoms with Gasteiger partial charge < -0.3 is 10.1 Å². The van der Waals surface area contributed by atoms with Crippen LogP contribution in [-0.4, -0.2) is 60.5 Å². The number of thiophene rings is 1. The van der Waals surface area contributed by atoms with E-state index in [-0.39, 0.29) is 0 Å². The number of halogens is 1. The normalized spacial score (nSPS) is 14.5. The Morgan fingerprint density at radius 3 is 2.64 bits per heavy atom. The summed E-state index contributed by atoms with van der Waals surface area (Å²) in [6, 6.07) is 15.6. The molecule has 0 radical (unpaired) electrons. The number of nitrogens with one attached hydrogen (secondary N) is 1. The smallest absolute Gasteiger partial charge is 0.162 e. The molecule has 0 saturated carbocycles. The SMILES string of the molecule is O=Cc1sccc1-c1ccc(-c2nc(NCCN3CCOCC3)c3ccc(Cl)cc3n2)cc1. The number of hydrogen-bond acceptors (Lipinski definition) is 7. The predicted molar refractivity (Wildman–Crippen MR) is 134 cm³/mol. The summed E-state index contributed by atoms with van der Waals surface area (Å²) in [5.74, 6) is 1.43. The Kier molecular flexibility index (Phi) is 6.64. The molecule has 2 aromatic carbocycles. The van der Waals surface area contributed by atoms with E-state index in [2.05, 4.69) is 10.2 Å². The monoisotopic (exact) mass is 478 g/mol. The predicted octanol–water partition coefficient (Wildman–Crippen LogP) is 5.24. The second-order valence-electron chi connectivity index (χ2n) is 7.83. The number of carbonyl (C=O) groups excluding carboxylic acids is 1. The fraction of sp³-hybridized carbons (Fsp3) is 0.240. The van der Waals surface area contributed by atoms with Gasteiger partial charge in [-0.2, -0.15) is 0 Å². The van der Waals surface area contributed by atoms with Crippen LogP contribution in [0.3, 0.4) is 0 Å². The molecular formula is C25H23ClN4O2S. The third-order valence-electron chi connectivity index (χ3n) is 5.74. The molecule has 1 aliphatic rings. The first-order chi connectivity index (χ1) is 16.2. The number of anilines is 1. The summed E-state index contributed by atoms with van der Waals surface area (Å²) in [4.78, 5) is 24.0. The van der Waals surface area contributed by atoms with Crippen molar-refractivity contribution in [1.82, 2.24) is 14.9 Å². The number of aromatic nitrogens is 2. The second-order valence-corrected chi connectivity index (χ2v) is 9.22. The van der Waals surface area contributed by atoms with Crippen molar-refractivity contribution in [2.24, 2.45) is 0 Å². The first-order valence-electron chi connectivity index (χ1n) is 10.9. The van der Waals surface area contributed by atoms with Gasteiger partial charge in [0.15, 0.2) is 12.1 Å². The number of ether oxygens (including phenoxy) is 1. The van der Waals surface area contributed by atoms with E-state index in [9.17, 15) is 4.79 Å². The van der Waals surface area contributed by atoms with Crippen LogP contribution in [0.2, 0.25) is 5.02 Å². The van der Waals surface area contributed by atoms with Crippen molar-refractivity contribution in [2.45, 2.75) is 0 Å². The zero-order valence-electron chi connectivity index (χ0n) is 18.0. The third kappa shape index (κ3) is 4.91. The van der Waals surface area contributed by atoms with Gasteiger partial charge >= 0.3 is 0 Å². The third-order valence-corrected chi connectivity index (χ3v) is 6.82. The van der Waals surface area contributed by atoms with Crippen LogP contribution < -0.4 is 5.32 Å². The lowest BCUT2D eigenvalue weighted by Gasteiger charge is -2.26. The lowest BCUT2D eigenvalue weighted by Crippen LogP contribution is -2.39. The average Bonchev–Trinajstić information content (AvgIpc) is 3.33. The number of nitrogens with zero attached hydrogens (tertiary/aromatic N) is 3. The molecule has 0 atom stereocenters. The first kappa shape index (κ1) is 22.0. The van der Waals surface area contributed by atoms with Crippen molar-refractivity contribution in [3.8, 4) is 22.5 Å². The maximum absolute atomic E-state index is 11.3. The van der Waals surface area contributed by atoms with Gasteiger partial charge in [0.1, 0.15) is 5.82 Å². The molecule has 0 aliphatic carbocycles. The molecule has 168 valence electrons. The number of fused-ring (bicyclic) bond motifs is 1. The van der Waals surface area contributed by atoms with Crippen LogP contribution in [0.15, 0.2) is 53.9 Å². The Bertz CT molecular complexity index is 1270. The van der Waals surface area contributed by atoms with E-state index >= 15 is 0 Å². The molecule has 8 heteroatoms. The highest BCUT2D eigenvalue weighted by Crippen LogP contribution is 2.30. The summed E-state index contributed by atoms with van der Waals surface area (Å²) in [7, 11) is 0. The van der Waals surface area contributed by atoms with Gasteiger partial charge in [-0.1, -0.05) is 35.9 Å². The first-order valence-corrected chi connectivity index (χ1v) is 12.1. The highest BCUT2D eigenvalue weighted by molar-refractivity contribution is 7.12. The molecule has 6 nitrogen and oxygen atoms in total. The quantitative estimate of drug-likeness (QED) is 0.366. The van der Waals surface area contributed by atoms with Gasteiger partial charge in [0, 0.05) is 47.7 Å². The number of benzene rings is 2. The van der Waals surface area contributed by atoms with Gasteiger partial charge in [-0.25, -0.2) is 9.97 Å². The summed E-state index contributed by atoms with van der Waals surface area (Å²) < 4.78 is 5.43.